The lowest BCUT2D eigenvalue weighted by atomic mass is 10.1. The van der Waals surface area contributed by atoms with E-state index in [9.17, 15) is 9.59 Å². The van der Waals surface area contributed by atoms with Crippen LogP contribution in [0.4, 0.5) is 0 Å². The standard InChI is InChI=1S/C19H24ClN3O2/c1-19(2,3)23-12-15(11-18(23)25)21-17(24)7-9-22-8-6-13-4-5-14(20)10-16(13)22/h4-6,8,10,15H,7,9,11-12H2,1-3H3,(H,21,24). The number of nitrogens with zero attached hydrogens (tertiary/aromatic N) is 2. The maximum Gasteiger partial charge on any atom is 0.225 e. The number of nitrogens with one attached hydrogen (secondary N) is 1. The molecule has 1 aromatic carbocycles. The lowest BCUT2D eigenvalue weighted by molar-refractivity contribution is -0.131. The molecular weight excluding hydrogens is 338 g/mol. The summed E-state index contributed by atoms with van der Waals surface area (Å²) in [5, 5.41) is 4.78. The number of amides is 2. The Morgan fingerprint density at radius 2 is 2.08 bits per heavy atom. The van der Waals surface area contributed by atoms with Crippen LogP contribution in [0.15, 0.2) is 30.5 Å². The van der Waals surface area contributed by atoms with Crippen molar-refractivity contribution in [3.05, 3.63) is 35.5 Å². The molecule has 1 saturated heterocycles. The number of carbonyl (C=O) groups is 2. The van der Waals surface area contributed by atoms with Gasteiger partial charge in [0.1, 0.15) is 0 Å². The minimum atomic E-state index is -0.208. The molecule has 0 aliphatic carbocycles. The van der Waals surface area contributed by atoms with E-state index in [0.29, 0.717) is 31.0 Å². The molecule has 3 rings (SSSR count). The topological polar surface area (TPSA) is 54.3 Å². The first-order chi connectivity index (χ1) is 11.7. The van der Waals surface area contributed by atoms with Gasteiger partial charge in [-0.2, -0.15) is 0 Å². The van der Waals surface area contributed by atoms with Crippen LogP contribution in [0.5, 0.6) is 0 Å². The summed E-state index contributed by atoms with van der Waals surface area (Å²) in [5.74, 6) is 0.0706. The summed E-state index contributed by atoms with van der Waals surface area (Å²) >= 11 is 6.06. The molecule has 134 valence electrons. The van der Waals surface area contributed by atoms with Crippen molar-refractivity contribution in [2.75, 3.05) is 6.54 Å². The average Bonchev–Trinajstić information content (AvgIpc) is 3.08. The van der Waals surface area contributed by atoms with Gasteiger partial charge in [-0.1, -0.05) is 17.7 Å². The third kappa shape index (κ3) is 3.98. The molecule has 1 atom stereocenters. The van der Waals surface area contributed by atoms with Gasteiger partial charge in [0.25, 0.3) is 0 Å². The van der Waals surface area contributed by atoms with E-state index in [-0.39, 0.29) is 23.4 Å². The van der Waals surface area contributed by atoms with Gasteiger partial charge in [-0.3, -0.25) is 9.59 Å². The largest absolute Gasteiger partial charge is 0.351 e. The molecule has 1 N–H and O–H groups in total. The molecule has 0 bridgehead atoms. The van der Waals surface area contributed by atoms with E-state index in [4.69, 9.17) is 11.6 Å². The van der Waals surface area contributed by atoms with Gasteiger partial charge in [0.05, 0.1) is 6.04 Å². The summed E-state index contributed by atoms with van der Waals surface area (Å²) in [5.41, 5.74) is 0.815. The van der Waals surface area contributed by atoms with Crippen LogP contribution in [0.1, 0.15) is 33.6 Å². The van der Waals surface area contributed by atoms with Crippen molar-refractivity contribution in [1.29, 1.82) is 0 Å². The first kappa shape index (κ1) is 17.8. The second-order valence-corrected chi connectivity index (χ2v) is 8.04. The molecule has 0 radical (unpaired) electrons. The zero-order valence-electron chi connectivity index (χ0n) is 14.9. The molecule has 25 heavy (non-hydrogen) atoms. The Kier molecular flexibility index (Phi) is 4.78. The molecule has 5 nitrogen and oxygen atoms in total. The molecule has 2 aromatic rings. The van der Waals surface area contributed by atoms with Crippen LogP contribution in [-0.4, -0.2) is 39.4 Å². The highest BCUT2D eigenvalue weighted by Crippen LogP contribution is 2.22. The maximum absolute atomic E-state index is 12.3. The Balaban J connectivity index is 1.56. The summed E-state index contributed by atoms with van der Waals surface area (Å²) < 4.78 is 2.03. The summed E-state index contributed by atoms with van der Waals surface area (Å²) in [6.45, 7) is 7.20. The fourth-order valence-corrected chi connectivity index (χ4v) is 3.49. The van der Waals surface area contributed by atoms with Crippen LogP contribution in [0.3, 0.4) is 0 Å². The highest BCUT2D eigenvalue weighted by Gasteiger charge is 2.36. The number of fused-ring (bicyclic) bond motifs is 1. The van der Waals surface area contributed by atoms with Crippen LogP contribution in [-0.2, 0) is 16.1 Å². The third-order valence-electron chi connectivity index (χ3n) is 4.62. The van der Waals surface area contributed by atoms with E-state index in [1.807, 2.05) is 60.7 Å². The zero-order valence-corrected chi connectivity index (χ0v) is 15.6. The van der Waals surface area contributed by atoms with Gasteiger partial charge >= 0.3 is 0 Å². The number of halogens is 1. The predicted molar refractivity (Wildman–Crippen MR) is 99.6 cm³/mol. The van der Waals surface area contributed by atoms with Gasteiger partial charge in [0.2, 0.25) is 11.8 Å². The van der Waals surface area contributed by atoms with E-state index in [1.54, 1.807) is 0 Å². The van der Waals surface area contributed by atoms with Gasteiger partial charge in [-0.05, 0) is 44.4 Å². The van der Waals surface area contributed by atoms with E-state index in [2.05, 4.69) is 5.32 Å². The first-order valence-electron chi connectivity index (χ1n) is 8.58. The third-order valence-corrected chi connectivity index (χ3v) is 4.85. The Morgan fingerprint density at radius 3 is 2.76 bits per heavy atom. The molecule has 1 aliphatic heterocycles. The Morgan fingerprint density at radius 1 is 1.32 bits per heavy atom. The van der Waals surface area contributed by atoms with Crippen molar-refractivity contribution in [3.63, 3.8) is 0 Å². The second kappa shape index (κ2) is 6.71. The average molecular weight is 362 g/mol. The molecular formula is C19H24ClN3O2. The molecule has 1 aromatic heterocycles. The van der Waals surface area contributed by atoms with Gasteiger partial charge in [-0.15, -0.1) is 0 Å². The van der Waals surface area contributed by atoms with Crippen LogP contribution in [0, 0.1) is 0 Å². The highest BCUT2D eigenvalue weighted by atomic mass is 35.5. The van der Waals surface area contributed by atoms with Gasteiger partial charge < -0.3 is 14.8 Å². The molecule has 1 fully saturated rings. The number of aryl methyl sites for hydroxylation is 1. The molecule has 1 unspecified atom stereocenters. The highest BCUT2D eigenvalue weighted by molar-refractivity contribution is 6.31. The van der Waals surface area contributed by atoms with E-state index < -0.39 is 0 Å². The van der Waals surface area contributed by atoms with E-state index in [1.165, 1.54) is 0 Å². The number of likely N-dealkylation sites (tertiary alicyclic amines) is 1. The van der Waals surface area contributed by atoms with Crippen LogP contribution < -0.4 is 5.32 Å². The number of aromatic nitrogens is 1. The number of rotatable bonds is 4. The molecule has 1 aliphatic rings. The minimum Gasteiger partial charge on any atom is -0.351 e. The SMILES string of the molecule is CC(C)(C)N1CC(NC(=O)CCn2ccc3ccc(Cl)cc32)CC1=O. The van der Waals surface area contributed by atoms with Gasteiger partial charge in [-0.25, -0.2) is 0 Å². The van der Waals surface area contributed by atoms with Crippen molar-refractivity contribution >= 4 is 34.3 Å². The number of benzene rings is 1. The lowest BCUT2D eigenvalue weighted by Gasteiger charge is -2.32. The van der Waals surface area contributed by atoms with Crippen LogP contribution in [0.25, 0.3) is 10.9 Å². The zero-order chi connectivity index (χ0) is 18.2. The molecule has 0 saturated carbocycles. The number of carbonyl (C=O) groups excluding carboxylic acids is 2. The number of hydrogen-bond donors (Lipinski definition) is 1. The summed E-state index contributed by atoms with van der Waals surface area (Å²) in [6, 6.07) is 7.65. The fraction of sp³-hybridized carbons (Fsp3) is 0.474. The Bertz CT molecular complexity index is 807. The minimum absolute atomic E-state index is 0.0302. The quantitative estimate of drug-likeness (QED) is 0.909. The van der Waals surface area contributed by atoms with Crippen molar-refractivity contribution in [1.82, 2.24) is 14.8 Å². The van der Waals surface area contributed by atoms with Crippen LogP contribution in [0.2, 0.25) is 5.02 Å². The van der Waals surface area contributed by atoms with Crippen molar-refractivity contribution in [3.8, 4) is 0 Å². The first-order valence-corrected chi connectivity index (χ1v) is 8.96. The second-order valence-electron chi connectivity index (χ2n) is 7.61. The normalized spacial score (nSPS) is 18.2. The maximum atomic E-state index is 12.3. The summed E-state index contributed by atoms with van der Waals surface area (Å²) in [4.78, 5) is 26.2. The van der Waals surface area contributed by atoms with Crippen LogP contribution >= 0.6 is 11.6 Å². The lowest BCUT2D eigenvalue weighted by Crippen LogP contribution is -2.44. The van der Waals surface area contributed by atoms with Crippen molar-refractivity contribution < 1.29 is 9.59 Å². The summed E-state index contributed by atoms with van der Waals surface area (Å²) in [7, 11) is 0. The van der Waals surface area contributed by atoms with Crippen molar-refractivity contribution in [2.24, 2.45) is 0 Å². The van der Waals surface area contributed by atoms with Gasteiger partial charge in [0.15, 0.2) is 0 Å². The van der Waals surface area contributed by atoms with Gasteiger partial charge in [0, 0.05) is 48.2 Å². The van der Waals surface area contributed by atoms with Crippen molar-refractivity contribution in [2.45, 2.75) is 51.7 Å². The van der Waals surface area contributed by atoms with E-state index >= 15 is 0 Å². The molecule has 2 amide bonds. The monoisotopic (exact) mass is 361 g/mol. The smallest absolute Gasteiger partial charge is 0.225 e. The molecule has 6 heteroatoms. The van der Waals surface area contributed by atoms with E-state index in [0.717, 1.165) is 10.9 Å². The fourth-order valence-electron chi connectivity index (χ4n) is 3.33. The Hall–Kier alpha value is -2.01. The molecule has 0 spiro atoms. The number of hydrogen-bond acceptors (Lipinski definition) is 2. The predicted octanol–water partition coefficient (Wildman–Crippen LogP) is 3.20. The molecule has 2 heterocycles. The Labute approximate surface area is 152 Å². The summed E-state index contributed by atoms with van der Waals surface area (Å²) in [6.07, 6.45) is 2.72.